The number of anilines is 1. The van der Waals surface area contributed by atoms with Crippen LogP contribution in [0.1, 0.15) is 18.9 Å². The third-order valence-corrected chi connectivity index (χ3v) is 3.79. The van der Waals surface area contributed by atoms with Crippen LogP contribution in [0.4, 0.5) is 5.69 Å². The first-order chi connectivity index (χ1) is 10.2. The third kappa shape index (κ3) is 4.51. The summed E-state index contributed by atoms with van der Waals surface area (Å²) in [6.07, 6.45) is 0.907. The molecular weight excluding hydrogens is 262 g/mol. The zero-order chi connectivity index (χ0) is 15.1. The van der Waals surface area contributed by atoms with Gasteiger partial charge in [0.25, 0.3) is 0 Å². The van der Waals surface area contributed by atoms with Gasteiger partial charge in [-0.3, -0.25) is 4.90 Å². The van der Waals surface area contributed by atoms with Crippen molar-refractivity contribution in [2.75, 3.05) is 44.2 Å². The molecule has 0 unspecified atom stereocenters. The number of ether oxygens (including phenoxy) is 1. The number of nitriles is 1. The molecular formula is C17H23N3O. The number of hydrogen-bond acceptors (Lipinski definition) is 4. The molecule has 1 fully saturated rings. The Morgan fingerprint density at radius 3 is 2.48 bits per heavy atom. The molecule has 0 atom stereocenters. The van der Waals surface area contributed by atoms with E-state index in [1.807, 2.05) is 31.2 Å². The fourth-order valence-electron chi connectivity index (χ4n) is 2.54. The Kier molecular flexibility index (Phi) is 5.65. The molecule has 4 heteroatoms. The van der Waals surface area contributed by atoms with Crippen molar-refractivity contribution in [2.24, 2.45) is 0 Å². The minimum absolute atomic E-state index is 0.700. The van der Waals surface area contributed by atoms with E-state index in [1.165, 1.54) is 5.69 Å². The smallest absolute Gasteiger partial charge is 0.0991 e. The molecule has 21 heavy (non-hydrogen) atoms. The topological polar surface area (TPSA) is 39.5 Å². The molecule has 1 saturated heterocycles. The lowest BCUT2D eigenvalue weighted by Crippen LogP contribution is -2.46. The maximum Gasteiger partial charge on any atom is 0.0991 e. The van der Waals surface area contributed by atoms with E-state index in [9.17, 15) is 0 Å². The summed E-state index contributed by atoms with van der Waals surface area (Å²) in [5.41, 5.74) is 1.92. The van der Waals surface area contributed by atoms with Crippen LogP contribution in [-0.4, -0.2) is 44.2 Å². The summed E-state index contributed by atoms with van der Waals surface area (Å²) >= 11 is 0. The Morgan fingerprint density at radius 2 is 1.90 bits per heavy atom. The van der Waals surface area contributed by atoms with E-state index >= 15 is 0 Å². The predicted octanol–water partition coefficient (Wildman–Crippen LogP) is 2.62. The number of nitrogens with zero attached hydrogens (tertiary/aromatic N) is 3. The fraction of sp³-hybridized carbons (Fsp3) is 0.471. The molecule has 1 aromatic carbocycles. The zero-order valence-electron chi connectivity index (χ0n) is 12.7. The number of hydrogen-bond donors (Lipinski definition) is 0. The monoisotopic (exact) mass is 285 g/mol. The molecule has 0 bridgehead atoms. The highest BCUT2D eigenvalue weighted by molar-refractivity contribution is 5.50. The molecule has 1 aliphatic rings. The van der Waals surface area contributed by atoms with Crippen molar-refractivity contribution in [3.05, 3.63) is 42.2 Å². The first kappa shape index (κ1) is 15.4. The van der Waals surface area contributed by atoms with E-state index in [4.69, 9.17) is 10.00 Å². The van der Waals surface area contributed by atoms with Crippen LogP contribution < -0.4 is 4.90 Å². The molecule has 0 aliphatic carbocycles. The lowest BCUT2D eigenvalue weighted by molar-refractivity contribution is 0.196. The average molecular weight is 285 g/mol. The summed E-state index contributed by atoms with van der Waals surface area (Å²) in [5, 5.41) is 8.83. The second-order valence-corrected chi connectivity index (χ2v) is 5.21. The Balaban J connectivity index is 1.77. The summed E-state index contributed by atoms with van der Waals surface area (Å²) in [4.78, 5) is 4.82. The van der Waals surface area contributed by atoms with Crippen LogP contribution in [0.15, 0.2) is 36.6 Å². The Bertz CT molecular complexity index is 496. The van der Waals surface area contributed by atoms with Crippen molar-refractivity contribution >= 4 is 5.69 Å². The maximum absolute atomic E-state index is 8.83. The van der Waals surface area contributed by atoms with Gasteiger partial charge in [0.05, 0.1) is 24.0 Å². The van der Waals surface area contributed by atoms with Crippen molar-refractivity contribution in [2.45, 2.75) is 13.3 Å². The summed E-state index contributed by atoms with van der Waals surface area (Å²) in [5.74, 6) is 0.882. The van der Waals surface area contributed by atoms with Crippen LogP contribution in [-0.2, 0) is 4.74 Å². The molecule has 0 radical (unpaired) electrons. The van der Waals surface area contributed by atoms with Gasteiger partial charge in [0.15, 0.2) is 0 Å². The number of benzene rings is 1. The minimum atomic E-state index is 0.700. The first-order valence-electron chi connectivity index (χ1n) is 7.51. The Hall–Kier alpha value is -1.99. The van der Waals surface area contributed by atoms with E-state index in [-0.39, 0.29) is 0 Å². The molecule has 0 spiro atoms. The lowest BCUT2D eigenvalue weighted by Gasteiger charge is -2.36. The first-order valence-corrected chi connectivity index (χ1v) is 7.51. The standard InChI is InChI=1S/C17H23N3O/c1-3-21-15(2)8-9-19-10-12-20(13-11-19)17-6-4-16(14-18)5-7-17/h4-7H,2-3,8-13H2,1H3. The van der Waals surface area contributed by atoms with E-state index in [1.54, 1.807) is 0 Å². The van der Waals surface area contributed by atoms with E-state index < -0.39 is 0 Å². The van der Waals surface area contributed by atoms with Crippen LogP contribution in [0.5, 0.6) is 0 Å². The number of rotatable bonds is 6. The molecule has 0 saturated carbocycles. The van der Waals surface area contributed by atoms with Gasteiger partial charge in [-0.1, -0.05) is 6.58 Å². The summed E-state index contributed by atoms with van der Waals surface area (Å²) < 4.78 is 5.39. The molecule has 2 rings (SSSR count). The zero-order valence-corrected chi connectivity index (χ0v) is 12.7. The van der Waals surface area contributed by atoms with Gasteiger partial charge in [-0.05, 0) is 31.2 Å². The molecule has 0 amide bonds. The van der Waals surface area contributed by atoms with Crippen molar-refractivity contribution in [3.8, 4) is 6.07 Å². The van der Waals surface area contributed by atoms with E-state index in [0.29, 0.717) is 12.2 Å². The highest BCUT2D eigenvalue weighted by Crippen LogP contribution is 2.17. The highest BCUT2D eigenvalue weighted by Gasteiger charge is 2.17. The highest BCUT2D eigenvalue weighted by atomic mass is 16.5. The van der Waals surface area contributed by atoms with Gasteiger partial charge in [0, 0.05) is 44.8 Å². The summed E-state index contributed by atoms with van der Waals surface area (Å²) in [7, 11) is 0. The number of piperazine rings is 1. The summed E-state index contributed by atoms with van der Waals surface area (Å²) in [6, 6.07) is 9.99. The molecule has 0 N–H and O–H groups in total. The fourth-order valence-corrected chi connectivity index (χ4v) is 2.54. The SMILES string of the molecule is C=C(CCN1CCN(c2ccc(C#N)cc2)CC1)OCC. The molecule has 0 aromatic heterocycles. The Morgan fingerprint density at radius 1 is 1.24 bits per heavy atom. The van der Waals surface area contributed by atoms with Crippen molar-refractivity contribution in [3.63, 3.8) is 0 Å². The van der Waals surface area contributed by atoms with E-state index in [2.05, 4.69) is 22.4 Å². The van der Waals surface area contributed by atoms with E-state index in [0.717, 1.165) is 44.9 Å². The molecule has 1 aliphatic heterocycles. The van der Waals surface area contributed by atoms with Gasteiger partial charge in [-0.25, -0.2) is 0 Å². The average Bonchev–Trinajstić information content (AvgIpc) is 2.54. The van der Waals surface area contributed by atoms with Gasteiger partial charge in [-0.2, -0.15) is 5.26 Å². The molecule has 112 valence electrons. The van der Waals surface area contributed by atoms with Crippen LogP contribution in [0.25, 0.3) is 0 Å². The maximum atomic E-state index is 8.83. The second-order valence-electron chi connectivity index (χ2n) is 5.21. The van der Waals surface area contributed by atoms with Crippen LogP contribution >= 0.6 is 0 Å². The largest absolute Gasteiger partial charge is 0.499 e. The van der Waals surface area contributed by atoms with Crippen LogP contribution in [0, 0.1) is 11.3 Å². The third-order valence-electron chi connectivity index (χ3n) is 3.79. The van der Waals surface area contributed by atoms with Gasteiger partial charge in [-0.15, -0.1) is 0 Å². The molecule has 1 heterocycles. The lowest BCUT2D eigenvalue weighted by atomic mass is 10.2. The van der Waals surface area contributed by atoms with Crippen molar-refractivity contribution < 1.29 is 4.74 Å². The van der Waals surface area contributed by atoms with Crippen LogP contribution in [0.2, 0.25) is 0 Å². The quantitative estimate of drug-likeness (QED) is 0.753. The molecule has 4 nitrogen and oxygen atoms in total. The van der Waals surface area contributed by atoms with Gasteiger partial charge < -0.3 is 9.64 Å². The van der Waals surface area contributed by atoms with Crippen molar-refractivity contribution in [1.82, 2.24) is 4.90 Å². The van der Waals surface area contributed by atoms with Gasteiger partial charge >= 0.3 is 0 Å². The van der Waals surface area contributed by atoms with Crippen molar-refractivity contribution in [1.29, 1.82) is 5.26 Å². The second kappa shape index (κ2) is 7.70. The summed E-state index contributed by atoms with van der Waals surface area (Å²) in [6.45, 7) is 11.8. The van der Waals surface area contributed by atoms with Crippen LogP contribution in [0.3, 0.4) is 0 Å². The minimum Gasteiger partial charge on any atom is -0.499 e. The Labute approximate surface area is 127 Å². The van der Waals surface area contributed by atoms with Gasteiger partial charge in [0.1, 0.15) is 0 Å². The normalized spacial score (nSPS) is 15.5. The predicted molar refractivity (Wildman–Crippen MR) is 85.2 cm³/mol. The van der Waals surface area contributed by atoms with Gasteiger partial charge in [0.2, 0.25) is 0 Å². The molecule has 1 aromatic rings.